The highest BCUT2D eigenvalue weighted by atomic mass is 19.1. The first-order valence-electron chi connectivity index (χ1n) is 10.8. The van der Waals surface area contributed by atoms with Crippen molar-refractivity contribution in [3.05, 3.63) is 47.5 Å². The first kappa shape index (κ1) is 22.7. The Bertz CT molecular complexity index is 1000. The Kier molecular flexibility index (Phi) is 6.87. The molecule has 0 bridgehead atoms. The van der Waals surface area contributed by atoms with Gasteiger partial charge in [-0.1, -0.05) is 12.1 Å². The van der Waals surface area contributed by atoms with E-state index in [4.69, 9.17) is 20.9 Å². The fraction of sp³-hybridized carbons (Fsp3) is 0.455. The molecular weight excluding hydrogens is 429 g/mol. The number of anilines is 2. The van der Waals surface area contributed by atoms with Gasteiger partial charge in [-0.15, -0.1) is 4.99 Å². The summed E-state index contributed by atoms with van der Waals surface area (Å²) in [7, 11) is 1.71. The van der Waals surface area contributed by atoms with Crippen LogP contribution in [0, 0.1) is 5.82 Å². The Hall–Kier alpha value is -3.47. The van der Waals surface area contributed by atoms with Crippen molar-refractivity contribution in [3.8, 4) is 0 Å². The standard InChI is InChI=1S/C22H28FN7O3/c1-32-17-11-30(12-17)21-26-9-16(10-27-21)14-5-7-29(8-6-14)18-4-2-3-15(19(18)23)13-33-22(31)28-20(24)25/h2-4,9-10,14,17H,5-8,11-13H2,1H3,(H4,24,25,28,31). The zero-order valence-electron chi connectivity index (χ0n) is 18.5. The van der Waals surface area contributed by atoms with Gasteiger partial charge in [-0.25, -0.2) is 19.2 Å². The molecule has 0 unspecified atom stereocenters. The molecule has 33 heavy (non-hydrogen) atoms. The first-order chi connectivity index (χ1) is 15.9. The third-order valence-corrected chi connectivity index (χ3v) is 6.06. The van der Waals surface area contributed by atoms with Gasteiger partial charge in [0.2, 0.25) is 5.95 Å². The van der Waals surface area contributed by atoms with Crippen molar-refractivity contribution in [2.75, 3.05) is 43.1 Å². The minimum absolute atomic E-state index is 0.252. The number of rotatable bonds is 6. The molecule has 2 aromatic rings. The maximum atomic E-state index is 15.1. The number of benzene rings is 1. The van der Waals surface area contributed by atoms with E-state index in [0.717, 1.165) is 37.4 Å². The lowest BCUT2D eigenvalue weighted by molar-refractivity contribution is 0.0778. The van der Waals surface area contributed by atoms with Crippen LogP contribution in [0.25, 0.3) is 0 Å². The van der Waals surface area contributed by atoms with Crippen LogP contribution in [0.15, 0.2) is 35.6 Å². The van der Waals surface area contributed by atoms with Crippen LogP contribution in [0.1, 0.15) is 29.9 Å². The van der Waals surface area contributed by atoms with Crippen molar-refractivity contribution < 1.29 is 18.7 Å². The lowest BCUT2D eigenvalue weighted by Gasteiger charge is -2.38. The molecule has 10 nitrogen and oxygen atoms in total. The van der Waals surface area contributed by atoms with Crippen molar-refractivity contribution in [1.82, 2.24) is 9.97 Å². The van der Waals surface area contributed by atoms with Gasteiger partial charge in [0, 0.05) is 51.2 Å². The Morgan fingerprint density at radius 1 is 1.18 bits per heavy atom. The van der Waals surface area contributed by atoms with Crippen LogP contribution in [0.3, 0.4) is 0 Å². The fourth-order valence-electron chi connectivity index (χ4n) is 4.11. The molecule has 1 aromatic heterocycles. The van der Waals surface area contributed by atoms with Crippen LogP contribution in [-0.4, -0.2) is 61.4 Å². The average molecular weight is 458 g/mol. The summed E-state index contributed by atoms with van der Waals surface area (Å²) in [6.07, 6.45) is 4.82. The van der Waals surface area contributed by atoms with Gasteiger partial charge in [0.25, 0.3) is 0 Å². The number of aliphatic imine (C=N–C) groups is 1. The third kappa shape index (κ3) is 5.30. The van der Waals surface area contributed by atoms with E-state index in [0.29, 0.717) is 24.7 Å². The van der Waals surface area contributed by atoms with E-state index in [2.05, 4.69) is 19.9 Å². The van der Waals surface area contributed by atoms with Crippen molar-refractivity contribution in [1.29, 1.82) is 0 Å². The van der Waals surface area contributed by atoms with E-state index in [1.165, 1.54) is 0 Å². The summed E-state index contributed by atoms with van der Waals surface area (Å²) < 4.78 is 25.3. The molecule has 0 aliphatic carbocycles. The highest BCUT2D eigenvalue weighted by Crippen LogP contribution is 2.32. The number of nitrogens with zero attached hydrogens (tertiary/aromatic N) is 5. The number of piperidine rings is 1. The highest BCUT2D eigenvalue weighted by Gasteiger charge is 2.29. The normalized spacial score (nSPS) is 16.9. The van der Waals surface area contributed by atoms with Gasteiger partial charge >= 0.3 is 6.09 Å². The molecule has 2 saturated heterocycles. The van der Waals surface area contributed by atoms with Gasteiger partial charge in [-0.3, -0.25) is 0 Å². The fourth-order valence-corrected chi connectivity index (χ4v) is 4.11. The maximum absolute atomic E-state index is 15.1. The monoisotopic (exact) mass is 457 g/mol. The van der Waals surface area contributed by atoms with E-state index in [9.17, 15) is 4.79 Å². The van der Waals surface area contributed by atoms with Crippen molar-refractivity contribution in [3.63, 3.8) is 0 Å². The van der Waals surface area contributed by atoms with Crippen LogP contribution in [-0.2, 0) is 16.1 Å². The summed E-state index contributed by atoms with van der Waals surface area (Å²) in [6, 6.07) is 5.04. The minimum Gasteiger partial charge on any atom is -0.443 e. The van der Waals surface area contributed by atoms with Crippen molar-refractivity contribution in [2.24, 2.45) is 16.5 Å². The van der Waals surface area contributed by atoms with Crippen LogP contribution < -0.4 is 21.3 Å². The predicted octanol–water partition coefficient (Wildman–Crippen LogP) is 1.74. The number of methoxy groups -OCH3 is 1. The molecule has 0 saturated carbocycles. The number of nitrogens with two attached hydrogens (primary N) is 2. The molecule has 2 aliphatic heterocycles. The molecule has 0 atom stereocenters. The molecule has 176 valence electrons. The summed E-state index contributed by atoms with van der Waals surface area (Å²) in [6.45, 7) is 2.76. The number of ether oxygens (including phenoxy) is 2. The molecule has 0 spiro atoms. The lowest BCUT2D eigenvalue weighted by Crippen LogP contribution is -2.52. The summed E-state index contributed by atoms with van der Waals surface area (Å²) >= 11 is 0. The van der Waals surface area contributed by atoms with Crippen LogP contribution in [0.5, 0.6) is 0 Å². The molecule has 1 amide bonds. The van der Waals surface area contributed by atoms with E-state index in [1.807, 2.05) is 17.3 Å². The first-order valence-corrected chi connectivity index (χ1v) is 10.8. The predicted molar refractivity (Wildman–Crippen MR) is 122 cm³/mol. The number of hydrogen-bond donors (Lipinski definition) is 2. The van der Waals surface area contributed by atoms with Crippen molar-refractivity contribution in [2.45, 2.75) is 31.5 Å². The molecule has 4 rings (SSSR count). The number of halogens is 1. The van der Waals surface area contributed by atoms with Gasteiger partial charge in [0.1, 0.15) is 6.61 Å². The Labute approximate surface area is 191 Å². The number of guanidine groups is 1. The summed E-state index contributed by atoms with van der Waals surface area (Å²) in [5.74, 6) is 0.233. The molecule has 2 aliphatic rings. The van der Waals surface area contributed by atoms with Gasteiger partial charge in [-0.2, -0.15) is 0 Å². The molecular formula is C22H28FN7O3. The van der Waals surface area contributed by atoms with Crippen LogP contribution in [0.4, 0.5) is 20.8 Å². The average Bonchev–Trinajstić information content (AvgIpc) is 2.78. The van der Waals surface area contributed by atoms with Crippen LogP contribution >= 0.6 is 0 Å². The zero-order chi connectivity index (χ0) is 23.4. The van der Waals surface area contributed by atoms with Gasteiger partial charge < -0.3 is 30.7 Å². The topological polar surface area (TPSA) is 132 Å². The molecule has 11 heteroatoms. The highest BCUT2D eigenvalue weighted by molar-refractivity contribution is 5.87. The number of carbonyl (C=O) groups is 1. The smallest absolute Gasteiger partial charge is 0.437 e. The number of amides is 1. The number of carbonyl (C=O) groups excluding carboxylic acids is 1. The minimum atomic E-state index is -0.957. The zero-order valence-corrected chi connectivity index (χ0v) is 18.5. The van der Waals surface area contributed by atoms with Crippen LogP contribution in [0.2, 0.25) is 0 Å². The van der Waals surface area contributed by atoms with E-state index >= 15 is 4.39 Å². The second-order valence-electron chi connectivity index (χ2n) is 8.18. The van der Waals surface area contributed by atoms with E-state index in [-0.39, 0.29) is 18.3 Å². The molecule has 2 fully saturated rings. The van der Waals surface area contributed by atoms with E-state index in [1.54, 1.807) is 25.3 Å². The number of hydrogen-bond acceptors (Lipinski definition) is 7. The van der Waals surface area contributed by atoms with Gasteiger partial charge in [0.05, 0.1) is 11.8 Å². The summed E-state index contributed by atoms with van der Waals surface area (Å²) in [4.78, 5) is 27.9. The molecule has 3 heterocycles. The lowest BCUT2D eigenvalue weighted by atomic mass is 9.91. The van der Waals surface area contributed by atoms with Crippen molar-refractivity contribution >= 4 is 23.7 Å². The largest absolute Gasteiger partial charge is 0.443 e. The number of aromatic nitrogens is 2. The summed E-state index contributed by atoms with van der Waals surface area (Å²) in [5, 5.41) is 0. The second kappa shape index (κ2) is 9.99. The molecule has 0 radical (unpaired) electrons. The Balaban J connectivity index is 1.33. The second-order valence-corrected chi connectivity index (χ2v) is 8.18. The van der Waals surface area contributed by atoms with Gasteiger partial charge in [0.15, 0.2) is 11.8 Å². The van der Waals surface area contributed by atoms with E-state index < -0.39 is 17.9 Å². The Morgan fingerprint density at radius 2 is 1.88 bits per heavy atom. The summed E-state index contributed by atoms with van der Waals surface area (Å²) in [5.41, 5.74) is 12.1. The SMILES string of the molecule is COC1CN(c2ncc(C3CCN(c4cccc(COC(=O)N=C(N)N)c4F)CC3)cn2)C1. The maximum Gasteiger partial charge on any atom is 0.437 e. The van der Waals surface area contributed by atoms with Gasteiger partial charge in [-0.05, 0) is 30.4 Å². The molecule has 4 N–H and O–H groups in total. The third-order valence-electron chi connectivity index (χ3n) is 6.06. The quantitative estimate of drug-likeness (QED) is 0.492. The Morgan fingerprint density at radius 3 is 2.52 bits per heavy atom. The molecule has 1 aromatic carbocycles.